The van der Waals surface area contributed by atoms with Gasteiger partial charge in [0.15, 0.2) is 0 Å². The zero-order valence-corrected chi connectivity index (χ0v) is 14.0. The molecular formula is C18H26N2O4. The molecule has 1 saturated carbocycles. The van der Waals surface area contributed by atoms with Crippen LogP contribution in [0.15, 0.2) is 30.3 Å². The van der Waals surface area contributed by atoms with Gasteiger partial charge in [0.05, 0.1) is 12.1 Å². The first-order chi connectivity index (χ1) is 11.6. The average molecular weight is 334 g/mol. The van der Waals surface area contributed by atoms with Gasteiger partial charge in [-0.05, 0) is 37.7 Å². The number of methoxy groups -OCH3 is 1. The van der Waals surface area contributed by atoms with Gasteiger partial charge in [0, 0.05) is 19.6 Å². The quantitative estimate of drug-likeness (QED) is 0.681. The van der Waals surface area contributed by atoms with Crippen molar-refractivity contribution in [1.29, 1.82) is 0 Å². The number of carboxylic acids is 1. The van der Waals surface area contributed by atoms with Gasteiger partial charge in [-0.3, -0.25) is 4.79 Å². The molecule has 0 aromatic heterocycles. The summed E-state index contributed by atoms with van der Waals surface area (Å²) in [5.41, 5.74) is 1.07. The number of ether oxygens (including phenoxy) is 1. The number of nitrogens with one attached hydrogen (secondary N) is 2. The summed E-state index contributed by atoms with van der Waals surface area (Å²) in [5, 5.41) is 14.8. The summed E-state index contributed by atoms with van der Waals surface area (Å²) >= 11 is 0. The van der Waals surface area contributed by atoms with Crippen LogP contribution in [0.3, 0.4) is 0 Å². The van der Waals surface area contributed by atoms with Crippen LogP contribution in [0.4, 0.5) is 4.79 Å². The monoisotopic (exact) mass is 334 g/mol. The van der Waals surface area contributed by atoms with Crippen molar-refractivity contribution in [2.45, 2.75) is 56.7 Å². The van der Waals surface area contributed by atoms with Crippen molar-refractivity contribution in [2.24, 2.45) is 0 Å². The first kappa shape index (κ1) is 18.3. The molecule has 1 fully saturated rings. The van der Waals surface area contributed by atoms with E-state index >= 15 is 0 Å². The van der Waals surface area contributed by atoms with Crippen LogP contribution in [-0.4, -0.2) is 42.4 Å². The highest BCUT2D eigenvalue weighted by molar-refractivity contribution is 5.75. The second-order valence-electron chi connectivity index (χ2n) is 6.25. The number of rotatable bonds is 8. The Morgan fingerprint density at radius 1 is 1.29 bits per heavy atom. The minimum Gasteiger partial charge on any atom is -0.481 e. The van der Waals surface area contributed by atoms with Crippen molar-refractivity contribution in [3.8, 4) is 0 Å². The second kappa shape index (κ2) is 9.27. The summed E-state index contributed by atoms with van der Waals surface area (Å²) < 4.78 is 5.38. The van der Waals surface area contributed by atoms with Crippen molar-refractivity contribution < 1.29 is 19.4 Å². The lowest BCUT2D eigenvalue weighted by molar-refractivity contribution is -0.137. The topological polar surface area (TPSA) is 87.7 Å². The Hall–Kier alpha value is -2.08. The third-order valence-corrected chi connectivity index (χ3v) is 4.44. The molecule has 132 valence electrons. The van der Waals surface area contributed by atoms with Crippen LogP contribution in [0.1, 0.15) is 37.7 Å². The van der Waals surface area contributed by atoms with Gasteiger partial charge >= 0.3 is 12.0 Å². The molecule has 0 saturated heterocycles. The molecule has 3 N–H and O–H groups in total. The Morgan fingerprint density at radius 2 is 2.04 bits per heavy atom. The first-order valence-corrected chi connectivity index (χ1v) is 8.44. The van der Waals surface area contributed by atoms with Crippen LogP contribution in [0, 0.1) is 0 Å². The van der Waals surface area contributed by atoms with Crippen LogP contribution in [0.25, 0.3) is 0 Å². The lowest BCUT2D eigenvalue weighted by Crippen LogP contribution is -2.49. The molecule has 1 aliphatic rings. The fraction of sp³-hybridized carbons (Fsp3) is 0.556. The molecule has 0 heterocycles. The standard InChI is InChI=1S/C18H26N2O4/c1-24-16-9-5-8-15(16)20-18(23)19-14(10-11-17(21)22)12-13-6-3-2-4-7-13/h2-4,6-7,14-16H,5,8-12H2,1H3,(H,21,22)(H2,19,20,23)/t14?,15-,16-/m1/s1. The van der Waals surface area contributed by atoms with E-state index in [1.807, 2.05) is 30.3 Å². The van der Waals surface area contributed by atoms with Crippen molar-refractivity contribution in [3.63, 3.8) is 0 Å². The molecule has 2 amide bonds. The second-order valence-corrected chi connectivity index (χ2v) is 6.25. The number of urea groups is 1. The van der Waals surface area contributed by atoms with Crippen LogP contribution in [0.5, 0.6) is 0 Å². The van der Waals surface area contributed by atoms with Crippen LogP contribution >= 0.6 is 0 Å². The first-order valence-electron chi connectivity index (χ1n) is 8.44. The average Bonchev–Trinajstić information content (AvgIpc) is 3.00. The van der Waals surface area contributed by atoms with E-state index in [0.717, 1.165) is 24.8 Å². The number of aliphatic carboxylic acids is 1. The highest BCUT2D eigenvalue weighted by Crippen LogP contribution is 2.21. The normalized spacial score (nSPS) is 21.2. The lowest BCUT2D eigenvalue weighted by Gasteiger charge is -2.23. The van der Waals surface area contributed by atoms with E-state index in [2.05, 4.69) is 10.6 Å². The van der Waals surface area contributed by atoms with Gasteiger partial charge in [-0.1, -0.05) is 30.3 Å². The Morgan fingerprint density at radius 3 is 2.71 bits per heavy atom. The van der Waals surface area contributed by atoms with Crippen molar-refractivity contribution in [1.82, 2.24) is 10.6 Å². The molecule has 6 nitrogen and oxygen atoms in total. The van der Waals surface area contributed by atoms with Crippen LogP contribution in [-0.2, 0) is 16.0 Å². The number of carboxylic acid groups (broad SMARTS) is 1. The molecule has 1 aromatic carbocycles. The molecule has 6 heteroatoms. The zero-order chi connectivity index (χ0) is 17.4. The van der Waals surface area contributed by atoms with E-state index in [4.69, 9.17) is 9.84 Å². The molecule has 3 atom stereocenters. The van der Waals surface area contributed by atoms with Gasteiger partial charge in [0.25, 0.3) is 0 Å². The number of carbonyl (C=O) groups excluding carboxylic acids is 1. The molecule has 1 aromatic rings. The summed E-state index contributed by atoms with van der Waals surface area (Å²) in [5.74, 6) is -0.856. The number of benzene rings is 1. The SMILES string of the molecule is CO[C@@H]1CCC[C@H]1NC(=O)NC(CCC(=O)O)Cc1ccccc1. The molecule has 0 bridgehead atoms. The smallest absolute Gasteiger partial charge is 0.315 e. The van der Waals surface area contributed by atoms with E-state index in [1.54, 1.807) is 7.11 Å². The maximum absolute atomic E-state index is 12.3. The predicted molar refractivity (Wildman–Crippen MR) is 90.9 cm³/mol. The molecule has 1 unspecified atom stereocenters. The number of carbonyl (C=O) groups is 2. The molecule has 0 aliphatic heterocycles. The molecule has 0 radical (unpaired) electrons. The minimum absolute atomic E-state index is 0.0202. The predicted octanol–water partition coefficient (Wildman–Crippen LogP) is 2.33. The fourth-order valence-electron chi connectivity index (χ4n) is 3.19. The molecular weight excluding hydrogens is 308 g/mol. The Bertz CT molecular complexity index is 535. The highest BCUT2D eigenvalue weighted by atomic mass is 16.5. The maximum Gasteiger partial charge on any atom is 0.315 e. The van der Waals surface area contributed by atoms with Gasteiger partial charge in [0.1, 0.15) is 0 Å². The third kappa shape index (κ3) is 5.85. The lowest BCUT2D eigenvalue weighted by atomic mass is 10.0. The van der Waals surface area contributed by atoms with Crippen LogP contribution < -0.4 is 10.6 Å². The Labute approximate surface area is 142 Å². The fourth-order valence-corrected chi connectivity index (χ4v) is 3.19. The van der Waals surface area contributed by atoms with Crippen molar-refractivity contribution in [3.05, 3.63) is 35.9 Å². The van der Waals surface area contributed by atoms with Crippen molar-refractivity contribution >= 4 is 12.0 Å². The summed E-state index contributed by atoms with van der Waals surface area (Å²) in [6.45, 7) is 0. The number of hydrogen-bond acceptors (Lipinski definition) is 3. The largest absolute Gasteiger partial charge is 0.481 e. The van der Waals surface area contributed by atoms with Gasteiger partial charge in [0.2, 0.25) is 0 Å². The van der Waals surface area contributed by atoms with E-state index in [0.29, 0.717) is 12.8 Å². The highest BCUT2D eigenvalue weighted by Gasteiger charge is 2.28. The summed E-state index contributed by atoms with van der Waals surface area (Å²) in [4.78, 5) is 23.1. The van der Waals surface area contributed by atoms with E-state index in [9.17, 15) is 9.59 Å². The third-order valence-electron chi connectivity index (χ3n) is 4.44. The molecule has 1 aliphatic carbocycles. The molecule has 24 heavy (non-hydrogen) atoms. The summed E-state index contributed by atoms with van der Waals surface area (Å²) in [6, 6.07) is 9.31. The van der Waals surface area contributed by atoms with Gasteiger partial charge in [-0.25, -0.2) is 4.79 Å². The number of hydrogen-bond donors (Lipinski definition) is 3. The summed E-state index contributed by atoms with van der Waals surface area (Å²) in [6.07, 6.45) is 3.99. The Balaban J connectivity index is 1.90. The van der Waals surface area contributed by atoms with Gasteiger partial charge in [-0.15, -0.1) is 0 Å². The van der Waals surface area contributed by atoms with Crippen molar-refractivity contribution in [2.75, 3.05) is 7.11 Å². The van der Waals surface area contributed by atoms with Crippen LogP contribution in [0.2, 0.25) is 0 Å². The minimum atomic E-state index is -0.856. The zero-order valence-electron chi connectivity index (χ0n) is 14.0. The molecule has 2 rings (SSSR count). The molecule has 0 spiro atoms. The summed E-state index contributed by atoms with van der Waals surface area (Å²) in [7, 11) is 1.66. The Kier molecular flexibility index (Phi) is 7.06. The van der Waals surface area contributed by atoms with Gasteiger partial charge in [-0.2, -0.15) is 0 Å². The number of amides is 2. The van der Waals surface area contributed by atoms with E-state index < -0.39 is 5.97 Å². The van der Waals surface area contributed by atoms with Gasteiger partial charge < -0.3 is 20.5 Å². The van der Waals surface area contributed by atoms with E-state index in [-0.39, 0.29) is 30.6 Å². The maximum atomic E-state index is 12.3. The van der Waals surface area contributed by atoms with E-state index in [1.165, 1.54) is 0 Å².